The maximum Gasteiger partial charge on any atom is 0.337 e. The zero-order valence-electron chi connectivity index (χ0n) is 16.6. The van der Waals surface area contributed by atoms with Crippen LogP contribution in [0.4, 0.5) is 0 Å². The Hall–Kier alpha value is -3.12. The standard InChI is InChI=1S/C23H23NO5/c1-14-11-18(25)17(13-24-9-3-4-10-24)22-20(14)21(26)19(29-22)12-15-5-7-16(8-6-15)23(27)28-2/h5-8,11-12,25H,3-4,9-10,13H2,1-2H3/p+1/b19-12-. The molecule has 1 saturated heterocycles. The van der Waals surface area contributed by atoms with E-state index in [0.29, 0.717) is 34.5 Å². The van der Waals surface area contributed by atoms with Crippen molar-refractivity contribution in [2.24, 2.45) is 0 Å². The highest BCUT2D eigenvalue weighted by Crippen LogP contribution is 2.41. The number of esters is 1. The Morgan fingerprint density at radius 3 is 2.59 bits per heavy atom. The molecule has 0 aliphatic carbocycles. The number of quaternary nitrogens is 1. The normalized spacial score (nSPS) is 17.4. The average molecular weight is 394 g/mol. The largest absolute Gasteiger partial charge is 0.507 e. The number of fused-ring (bicyclic) bond motifs is 1. The van der Waals surface area contributed by atoms with E-state index in [2.05, 4.69) is 0 Å². The van der Waals surface area contributed by atoms with Gasteiger partial charge in [-0.3, -0.25) is 4.79 Å². The molecule has 2 aromatic rings. The van der Waals surface area contributed by atoms with Gasteiger partial charge in [0.15, 0.2) is 11.5 Å². The summed E-state index contributed by atoms with van der Waals surface area (Å²) in [6.07, 6.45) is 4.01. The first-order chi connectivity index (χ1) is 14.0. The molecule has 6 nitrogen and oxygen atoms in total. The van der Waals surface area contributed by atoms with Gasteiger partial charge in [-0.1, -0.05) is 12.1 Å². The van der Waals surface area contributed by atoms with Crippen LogP contribution in [-0.2, 0) is 11.3 Å². The average Bonchev–Trinajstić information content (AvgIpc) is 3.33. The van der Waals surface area contributed by atoms with E-state index in [9.17, 15) is 14.7 Å². The number of aromatic hydroxyl groups is 1. The zero-order valence-corrected chi connectivity index (χ0v) is 16.6. The SMILES string of the molecule is COC(=O)c1ccc(/C=C2\Oc3c(C[NH+]4CCCC4)c(O)cc(C)c3C2=O)cc1. The summed E-state index contributed by atoms with van der Waals surface area (Å²) in [5, 5.41) is 10.5. The van der Waals surface area contributed by atoms with Crippen molar-refractivity contribution in [3.63, 3.8) is 0 Å². The number of methoxy groups -OCH3 is 1. The number of hydrogen-bond donors (Lipinski definition) is 2. The van der Waals surface area contributed by atoms with Crippen molar-refractivity contribution < 1.29 is 29.1 Å². The number of ether oxygens (including phenoxy) is 2. The molecule has 0 amide bonds. The van der Waals surface area contributed by atoms with Crippen LogP contribution in [0.3, 0.4) is 0 Å². The molecule has 0 unspecified atom stereocenters. The van der Waals surface area contributed by atoms with Crippen LogP contribution in [0, 0.1) is 6.92 Å². The van der Waals surface area contributed by atoms with Crippen LogP contribution in [0.1, 0.15) is 50.2 Å². The molecule has 0 spiro atoms. The van der Waals surface area contributed by atoms with Crippen molar-refractivity contribution in [2.75, 3.05) is 20.2 Å². The number of carbonyl (C=O) groups is 2. The minimum Gasteiger partial charge on any atom is -0.507 e. The molecule has 0 radical (unpaired) electrons. The number of aryl methyl sites for hydroxylation is 1. The number of allylic oxidation sites excluding steroid dienone is 1. The van der Waals surface area contributed by atoms with Gasteiger partial charge in [-0.25, -0.2) is 4.79 Å². The first-order valence-electron chi connectivity index (χ1n) is 9.79. The molecule has 0 aromatic heterocycles. The number of hydrogen-bond acceptors (Lipinski definition) is 5. The molecule has 1 fully saturated rings. The van der Waals surface area contributed by atoms with E-state index in [1.165, 1.54) is 24.9 Å². The molecule has 6 heteroatoms. The molecule has 4 rings (SSSR count). The number of likely N-dealkylation sites (tertiary alicyclic amines) is 1. The first-order valence-corrected chi connectivity index (χ1v) is 9.79. The van der Waals surface area contributed by atoms with Crippen molar-refractivity contribution in [2.45, 2.75) is 26.3 Å². The second-order valence-corrected chi connectivity index (χ2v) is 7.58. The molecule has 29 heavy (non-hydrogen) atoms. The molecule has 2 aliphatic rings. The van der Waals surface area contributed by atoms with Crippen LogP contribution in [0.5, 0.6) is 11.5 Å². The summed E-state index contributed by atoms with van der Waals surface area (Å²) in [7, 11) is 1.33. The molecule has 0 bridgehead atoms. The number of nitrogens with one attached hydrogen (secondary N) is 1. The van der Waals surface area contributed by atoms with Crippen molar-refractivity contribution in [3.05, 3.63) is 63.9 Å². The lowest BCUT2D eigenvalue weighted by atomic mass is 9.99. The van der Waals surface area contributed by atoms with Gasteiger partial charge in [0, 0.05) is 12.8 Å². The van der Waals surface area contributed by atoms with Gasteiger partial charge in [-0.2, -0.15) is 0 Å². The number of phenolic OH excluding ortho intramolecular Hbond substituents is 1. The minimum atomic E-state index is -0.412. The van der Waals surface area contributed by atoms with Gasteiger partial charge in [-0.05, 0) is 42.3 Å². The molecular formula is C23H24NO5+. The lowest BCUT2D eigenvalue weighted by Crippen LogP contribution is -3.08. The molecule has 2 N–H and O–H groups in total. The number of Topliss-reactive ketones (excluding diaryl/α,β-unsaturated/α-hetero) is 1. The quantitative estimate of drug-likeness (QED) is 0.615. The van der Waals surface area contributed by atoms with Crippen LogP contribution < -0.4 is 9.64 Å². The topological polar surface area (TPSA) is 77.3 Å². The lowest BCUT2D eigenvalue weighted by Gasteiger charge is -2.16. The molecular weight excluding hydrogens is 370 g/mol. The molecule has 0 saturated carbocycles. The minimum absolute atomic E-state index is 0.178. The number of carbonyl (C=O) groups excluding carboxylic acids is 2. The Bertz CT molecular complexity index is 1000. The Morgan fingerprint density at radius 2 is 1.93 bits per heavy atom. The third-order valence-corrected chi connectivity index (χ3v) is 5.59. The number of phenols is 1. The van der Waals surface area contributed by atoms with Crippen molar-refractivity contribution in [1.82, 2.24) is 0 Å². The highest BCUT2D eigenvalue weighted by molar-refractivity contribution is 6.15. The summed E-state index contributed by atoms with van der Waals surface area (Å²) in [5.74, 6) is 0.274. The van der Waals surface area contributed by atoms with Crippen molar-refractivity contribution in [3.8, 4) is 11.5 Å². The monoisotopic (exact) mass is 394 g/mol. The first kappa shape index (κ1) is 19.2. The predicted octanol–water partition coefficient (Wildman–Crippen LogP) is 2.28. The van der Waals surface area contributed by atoms with E-state index >= 15 is 0 Å². The van der Waals surface area contributed by atoms with Gasteiger partial charge in [-0.15, -0.1) is 0 Å². The van der Waals surface area contributed by atoms with E-state index in [1.807, 2.05) is 0 Å². The maximum atomic E-state index is 13.0. The summed E-state index contributed by atoms with van der Waals surface area (Å²) in [5.41, 5.74) is 3.09. The highest BCUT2D eigenvalue weighted by atomic mass is 16.5. The van der Waals surface area contributed by atoms with Crippen LogP contribution in [-0.4, -0.2) is 37.1 Å². The van der Waals surface area contributed by atoms with Gasteiger partial charge in [0.25, 0.3) is 0 Å². The second-order valence-electron chi connectivity index (χ2n) is 7.58. The van der Waals surface area contributed by atoms with E-state index in [1.54, 1.807) is 43.3 Å². The Kier molecular flexibility index (Phi) is 5.11. The van der Waals surface area contributed by atoms with E-state index in [-0.39, 0.29) is 17.3 Å². The molecule has 2 aliphatic heterocycles. The van der Waals surface area contributed by atoms with Crippen LogP contribution >= 0.6 is 0 Å². The van der Waals surface area contributed by atoms with E-state index < -0.39 is 5.97 Å². The fraction of sp³-hybridized carbons (Fsp3) is 0.304. The third-order valence-electron chi connectivity index (χ3n) is 5.59. The summed E-state index contributed by atoms with van der Waals surface area (Å²) in [6, 6.07) is 8.41. The van der Waals surface area contributed by atoms with Gasteiger partial charge >= 0.3 is 5.97 Å². The summed E-state index contributed by atoms with van der Waals surface area (Å²) >= 11 is 0. The zero-order chi connectivity index (χ0) is 20.5. The van der Waals surface area contributed by atoms with Gasteiger partial charge in [0.1, 0.15) is 12.3 Å². The highest BCUT2D eigenvalue weighted by Gasteiger charge is 2.34. The number of ketones is 1. The number of benzene rings is 2. The fourth-order valence-electron chi connectivity index (χ4n) is 4.04. The summed E-state index contributed by atoms with van der Waals surface area (Å²) in [6.45, 7) is 4.57. The summed E-state index contributed by atoms with van der Waals surface area (Å²) < 4.78 is 10.7. The van der Waals surface area contributed by atoms with Gasteiger partial charge in [0.2, 0.25) is 5.78 Å². The van der Waals surface area contributed by atoms with Gasteiger partial charge < -0.3 is 19.5 Å². The Labute approximate surface area is 169 Å². The van der Waals surface area contributed by atoms with Crippen LogP contribution in [0.25, 0.3) is 6.08 Å². The smallest absolute Gasteiger partial charge is 0.337 e. The van der Waals surface area contributed by atoms with E-state index in [0.717, 1.165) is 18.7 Å². The van der Waals surface area contributed by atoms with Crippen molar-refractivity contribution >= 4 is 17.8 Å². The lowest BCUT2D eigenvalue weighted by molar-refractivity contribution is -0.901. The molecule has 2 aromatic carbocycles. The summed E-state index contributed by atoms with van der Waals surface area (Å²) in [4.78, 5) is 26.0. The third kappa shape index (κ3) is 3.63. The Balaban J connectivity index is 1.66. The molecule has 0 atom stereocenters. The Morgan fingerprint density at radius 1 is 1.24 bits per heavy atom. The van der Waals surface area contributed by atoms with Crippen LogP contribution in [0.15, 0.2) is 36.1 Å². The van der Waals surface area contributed by atoms with E-state index in [4.69, 9.17) is 9.47 Å². The second kappa shape index (κ2) is 7.72. The number of rotatable bonds is 4. The van der Waals surface area contributed by atoms with Crippen LogP contribution in [0.2, 0.25) is 0 Å². The molecule has 2 heterocycles. The fourth-order valence-corrected chi connectivity index (χ4v) is 4.04. The van der Waals surface area contributed by atoms with Gasteiger partial charge in [0.05, 0.1) is 36.9 Å². The maximum absolute atomic E-state index is 13.0. The van der Waals surface area contributed by atoms with Crippen molar-refractivity contribution in [1.29, 1.82) is 0 Å². The predicted molar refractivity (Wildman–Crippen MR) is 107 cm³/mol. The molecule has 150 valence electrons.